The van der Waals surface area contributed by atoms with E-state index in [1.165, 1.54) is 12.3 Å². The average Bonchev–Trinajstić information content (AvgIpc) is 2.66. The summed E-state index contributed by atoms with van der Waals surface area (Å²) in [6.07, 6.45) is 3.72. The van der Waals surface area contributed by atoms with Crippen molar-refractivity contribution in [1.82, 2.24) is 4.98 Å². The number of H-pyrrole nitrogens is 1. The molecule has 0 fully saturated rings. The number of carbonyl (C=O) groups is 1. The first-order valence-electron chi connectivity index (χ1n) is 5.13. The van der Waals surface area contributed by atoms with Crippen LogP contribution in [0.1, 0.15) is 12.6 Å². The van der Waals surface area contributed by atoms with E-state index in [0.29, 0.717) is 6.61 Å². The molecule has 0 saturated heterocycles. The predicted octanol–water partition coefficient (Wildman–Crippen LogP) is 2.74. The van der Waals surface area contributed by atoms with Crippen molar-refractivity contribution in [3.05, 3.63) is 42.1 Å². The van der Waals surface area contributed by atoms with Crippen LogP contribution in [-0.2, 0) is 9.53 Å². The monoisotopic (exact) mass is 215 g/mol. The number of ether oxygens (including phenoxy) is 1. The minimum atomic E-state index is -0.263. The first-order valence-corrected chi connectivity index (χ1v) is 5.13. The summed E-state index contributed by atoms with van der Waals surface area (Å²) in [4.78, 5) is 13.8. The third-order valence-corrected chi connectivity index (χ3v) is 2.23. The van der Waals surface area contributed by atoms with Gasteiger partial charge in [-0.15, -0.1) is 0 Å². The fourth-order valence-corrected chi connectivity index (χ4v) is 1.53. The molecule has 16 heavy (non-hydrogen) atoms. The number of fused-ring (bicyclic) bond motifs is 1. The maximum Gasteiger partial charge on any atom is 0.302 e. The molecule has 1 aromatic heterocycles. The molecule has 2 aromatic rings. The largest absolute Gasteiger partial charge is 0.462 e. The summed E-state index contributed by atoms with van der Waals surface area (Å²) in [5, 5.41) is 1.18. The van der Waals surface area contributed by atoms with E-state index < -0.39 is 0 Å². The van der Waals surface area contributed by atoms with Crippen molar-refractivity contribution in [2.75, 3.05) is 6.61 Å². The van der Waals surface area contributed by atoms with Gasteiger partial charge in [0.25, 0.3) is 0 Å². The fraction of sp³-hybridized carbons (Fsp3) is 0.154. The van der Waals surface area contributed by atoms with Crippen LogP contribution in [0, 0.1) is 0 Å². The van der Waals surface area contributed by atoms with Crippen molar-refractivity contribution < 1.29 is 9.53 Å². The lowest BCUT2D eigenvalue weighted by Gasteiger charge is -1.93. The number of benzene rings is 1. The molecule has 82 valence electrons. The Morgan fingerprint density at radius 1 is 1.44 bits per heavy atom. The maximum absolute atomic E-state index is 10.5. The molecule has 0 atom stereocenters. The second-order valence-electron chi connectivity index (χ2n) is 3.52. The molecule has 3 nitrogen and oxygen atoms in total. The summed E-state index contributed by atoms with van der Waals surface area (Å²) < 4.78 is 4.80. The number of hydrogen-bond acceptors (Lipinski definition) is 2. The highest BCUT2D eigenvalue weighted by Crippen LogP contribution is 2.15. The van der Waals surface area contributed by atoms with Gasteiger partial charge < -0.3 is 9.72 Å². The Hall–Kier alpha value is -2.03. The Bertz CT molecular complexity index is 492. The Morgan fingerprint density at radius 3 is 3.00 bits per heavy atom. The van der Waals surface area contributed by atoms with Gasteiger partial charge in [-0.1, -0.05) is 18.2 Å². The summed E-state index contributed by atoms with van der Waals surface area (Å²) in [7, 11) is 0. The van der Waals surface area contributed by atoms with E-state index in [1.54, 1.807) is 0 Å². The quantitative estimate of drug-likeness (QED) is 0.800. The van der Waals surface area contributed by atoms with Crippen LogP contribution in [-0.4, -0.2) is 17.6 Å². The fourth-order valence-electron chi connectivity index (χ4n) is 1.53. The Labute approximate surface area is 93.7 Å². The van der Waals surface area contributed by atoms with E-state index in [4.69, 9.17) is 4.74 Å². The first-order chi connectivity index (χ1) is 7.75. The Balaban J connectivity index is 2.06. The highest BCUT2D eigenvalue weighted by molar-refractivity contribution is 5.82. The van der Waals surface area contributed by atoms with Crippen molar-refractivity contribution in [2.45, 2.75) is 6.92 Å². The summed E-state index contributed by atoms with van der Waals surface area (Å²) in [5.74, 6) is -0.263. The highest BCUT2D eigenvalue weighted by atomic mass is 16.5. The van der Waals surface area contributed by atoms with Gasteiger partial charge in [0.2, 0.25) is 0 Å². The lowest BCUT2D eigenvalue weighted by Crippen LogP contribution is -1.97. The molecule has 0 amide bonds. The summed E-state index contributed by atoms with van der Waals surface area (Å²) in [6.45, 7) is 1.71. The van der Waals surface area contributed by atoms with Gasteiger partial charge in [-0.3, -0.25) is 4.79 Å². The van der Waals surface area contributed by atoms with Gasteiger partial charge in [0.05, 0.1) is 0 Å². The van der Waals surface area contributed by atoms with Gasteiger partial charge in [-0.05, 0) is 29.7 Å². The van der Waals surface area contributed by atoms with Crippen LogP contribution in [0.5, 0.6) is 0 Å². The molecular weight excluding hydrogens is 202 g/mol. The van der Waals surface area contributed by atoms with E-state index in [2.05, 4.69) is 17.1 Å². The Morgan fingerprint density at radius 2 is 2.25 bits per heavy atom. The van der Waals surface area contributed by atoms with Gasteiger partial charge in [-0.2, -0.15) is 0 Å². The molecule has 0 radical (unpaired) electrons. The molecule has 0 aliphatic rings. The van der Waals surface area contributed by atoms with Crippen molar-refractivity contribution in [3.8, 4) is 0 Å². The number of aromatic amines is 1. The first kappa shape index (κ1) is 10.5. The van der Waals surface area contributed by atoms with Crippen LogP contribution in [0.3, 0.4) is 0 Å². The smallest absolute Gasteiger partial charge is 0.302 e. The molecule has 3 heteroatoms. The summed E-state index contributed by atoms with van der Waals surface area (Å²) in [5.41, 5.74) is 2.11. The normalized spacial score (nSPS) is 11.1. The van der Waals surface area contributed by atoms with E-state index in [0.717, 1.165) is 11.2 Å². The van der Waals surface area contributed by atoms with Crippen LogP contribution < -0.4 is 0 Å². The van der Waals surface area contributed by atoms with Gasteiger partial charge in [0.1, 0.15) is 6.61 Å². The second-order valence-corrected chi connectivity index (χ2v) is 3.52. The van der Waals surface area contributed by atoms with Crippen molar-refractivity contribution in [3.63, 3.8) is 0 Å². The van der Waals surface area contributed by atoms with Crippen molar-refractivity contribution in [2.24, 2.45) is 0 Å². The lowest BCUT2D eigenvalue weighted by molar-refractivity contribution is -0.139. The minimum absolute atomic E-state index is 0.263. The standard InChI is InChI=1S/C13H13NO2/c1-10(15)16-8-4-6-12-9-11-5-2-3-7-13(11)14-12/h2-7,9,14H,8H2,1H3/b6-4+. The minimum Gasteiger partial charge on any atom is -0.462 e. The van der Waals surface area contributed by atoms with E-state index in [9.17, 15) is 4.79 Å². The number of esters is 1. The van der Waals surface area contributed by atoms with Crippen molar-refractivity contribution in [1.29, 1.82) is 0 Å². The molecule has 0 spiro atoms. The van der Waals surface area contributed by atoms with Gasteiger partial charge in [0, 0.05) is 18.1 Å². The van der Waals surface area contributed by atoms with Gasteiger partial charge >= 0.3 is 5.97 Å². The topological polar surface area (TPSA) is 42.1 Å². The van der Waals surface area contributed by atoms with Crippen molar-refractivity contribution >= 4 is 22.9 Å². The molecular formula is C13H13NO2. The zero-order chi connectivity index (χ0) is 11.4. The zero-order valence-electron chi connectivity index (χ0n) is 9.07. The van der Waals surface area contributed by atoms with E-state index in [-0.39, 0.29) is 5.97 Å². The molecule has 0 aliphatic carbocycles. The maximum atomic E-state index is 10.5. The molecule has 2 rings (SSSR count). The third kappa shape index (κ3) is 2.51. The predicted molar refractivity (Wildman–Crippen MR) is 64.0 cm³/mol. The van der Waals surface area contributed by atoms with Gasteiger partial charge in [0.15, 0.2) is 0 Å². The molecule has 0 aliphatic heterocycles. The molecule has 0 unspecified atom stereocenters. The van der Waals surface area contributed by atoms with Crippen LogP contribution in [0.4, 0.5) is 0 Å². The van der Waals surface area contributed by atoms with E-state index in [1.807, 2.05) is 30.4 Å². The summed E-state index contributed by atoms with van der Waals surface area (Å²) >= 11 is 0. The number of para-hydroxylation sites is 1. The number of hydrogen-bond donors (Lipinski definition) is 1. The molecule has 1 N–H and O–H groups in total. The van der Waals surface area contributed by atoms with Crippen LogP contribution in [0.2, 0.25) is 0 Å². The second kappa shape index (κ2) is 4.66. The molecule has 0 saturated carbocycles. The number of nitrogens with one attached hydrogen (secondary N) is 1. The molecule has 0 bridgehead atoms. The Kier molecular flexibility index (Phi) is 3.05. The van der Waals surface area contributed by atoms with Gasteiger partial charge in [-0.25, -0.2) is 0 Å². The van der Waals surface area contributed by atoms with Crippen LogP contribution in [0.25, 0.3) is 17.0 Å². The van der Waals surface area contributed by atoms with Crippen LogP contribution >= 0.6 is 0 Å². The lowest BCUT2D eigenvalue weighted by atomic mass is 10.2. The summed E-state index contributed by atoms with van der Waals surface area (Å²) in [6, 6.07) is 10.1. The third-order valence-electron chi connectivity index (χ3n) is 2.23. The average molecular weight is 215 g/mol. The zero-order valence-corrected chi connectivity index (χ0v) is 9.07. The number of carbonyl (C=O) groups excluding carboxylic acids is 1. The molecule has 1 aromatic carbocycles. The van der Waals surface area contributed by atoms with Crippen LogP contribution in [0.15, 0.2) is 36.4 Å². The number of aromatic nitrogens is 1. The molecule has 1 heterocycles. The van der Waals surface area contributed by atoms with E-state index >= 15 is 0 Å². The highest BCUT2D eigenvalue weighted by Gasteiger charge is 1.95. The number of rotatable bonds is 3. The SMILES string of the molecule is CC(=O)OC/C=C/c1cc2ccccc2[nH]1.